The average Bonchev–Trinajstić information content (AvgIpc) is 2.38. The Balaban J connectivity index is 1.95. The number of hydrogen-bond donors (Lipinski definition) is 0. The molecule has 0 amide bonds. The van der Waals surface area contributed by atoms with Crippen molar-refractivity contribution in [3.05, 3.63) is 22.9 Å². The zero-order chi connectivity index (χ0) is 12.3. The van der Waals surface area contributed by atoms with E-state index in [0.717, 1.165) is 30.7 Å². The molecular weight excluding hydrogens is 278 g/mol. The predicted octanol–water partition coefficient (Wildman–Crippen LogP) is 2.76. The molecule has 0 bridgehead atoms. The highest BCUT2D eigenvalue weighted by Gasteiger charge is 2.20. The quantitative estimate of drug-likeness (QED) is 0.855. The molecule has 1 aliphatic heterocycles. The Hall–Kier alpha value is -0.610. The number of rotatable bonds is 3. The smallest absolute Gasteiger partial charge is 0.0564 e. The molecule has 1 fully saturated rings. The van der Waals surface area contributed by atoms with Crippen molar-refractivity contribution in [3.8, 4) is 0 Å². The van der Waals surface area contributed by atoms with E-state index >= 15 is 0 Å². The number of pyridine rings is 1. The van der Waals surface area contributed by atoms with Gasteiger partial charge in [0.15, 0.2) is 0 Å². The first-order valence-corrected chi connectivity index (χ1v) is 7.09. The predicted molar refractivity (Wildman–Crippen MR) is 75.5 cm³/mol. The van der Waals surface area contributed by atoms with Crippen molar-refractivity contribution in [2.45, 2.75) is 26.3 Å². The molecule has 1 aromatic rings. The van der Waals surface area contributed by atoms with E-state index in [0.29, 0.717) is 6.04 Å². The van der Waals surface area contributed by atoms with Crippen LogP contribution in [-0.4, -0.2) is 42.1 Å². The Kier molecular flexibility index (Phi) is 4.40. The number of nitrogens with zero attached hydrogens (tertiary/aromatic N) is 3. The van der Waals surface area contributed by atoms with Crippen LogP contribution < -0.4 is 4.90 Å². The minimum absolute atomic E-state index is 0.706. The summed E-state index contributed by atoms with van der Waals surface area (Å²) in [6, 6.07) is 2.85. The van der Waals surface area contributed by atoms with E-state index in [1.807, 2.05) is 12.4 Å². The van der Waals surface area contributed by atoms with Crippen LogP contribution in [0.2, 0.25) is 0 Å². The van der Waals surface area contributed by atoms with Crippen molar-refractivity contribution in [2.24, 2.45) is 0 Å². The van der Waals surface area contributed by atoms with E-state index in [4.69, 9.17) is 0 Å². The lowest BCUT2D eigenvalue weighted by molar-refractivity contribution is 0.193. The fourth-order valence-electron chi connectivity index (χ4n) is 2.25. The zero-order valence-corrected chi connectivity index (χ0v) is 12.2. The third-order valence-corrected chi connectivity index (χ3v) is 4.02. The van der Waals surface area contributed by atoms with Gasteiger partial charge in [0.1, 0.15) is 0 Å². The second-order valence-electron chi connectivity index (χ2n) is 4.64. The van der Waals surface area contributed by atoms with E-state index in [-0.39, 0.29) is 0 Å². The molecule has 0 aromatic carbocycles. The first-order valence-electron chi connectivity index (χ1n) is 6.30. The van der Waals surface area contributed by atoms with E-state index in [9.17, 15) is 0 Å². The molecule has 1 aromatic heterocycles. The monoisotopic (exact) mass is 297 g/mol. The molecule has 0 aliphatic carbocycles. The molecule has 2 rings (SSSR count). The number of hydrogen-bond acceptors (Lipinski definition) is 3. The summed E-state index contributed by atoms with van der Waals surface area (Å²) < 4.78 is 1.05. The Labute approximate surface area is 112 Å². The van der Waals surface area contributed by atoms with Gasteiger partial charge in [0.25, 0.3) is 0 Å². The normalized spacial score (nSPS) is 19.4. The summed E-state index contributed by atoms with van der Waals surface area (Å²) in [5, 5.41) is 0. The van der Waals surface area contributed by atoms with Crippen molar-refractivity contribution in [2.75, 3.05) is 31.1 Å². The standard InChI is InChI=1S/C13H20BrN3/c1-3-11(2)16-4-6-17(7-5-16)13-8-12(14)9-15-10-13/h8-11H,3-7H2,1-2H3. The van der Waals surface area contributed by atoms with Crippen LogP contribution in [0.3, 0.4) is 0 Å². The lowest BCUT2D eigenvalue weighted by Crippen LogP contribution is -2.49. The minimum Gasteiger partial charge on any atom is -0.368 e. The van der Waals surface area contributed by atoms with Crippen LogP contribution in [0.25, 0.3) is 0 Å². The molecular formula is C13H20BrN3. The molecule has 1 unspecified atom stereocenters. The Morgan fingerprint density at radius 3 is 2.59 bits per heavy atom. The van der Waals surface area contributed by atoms with Crippen LogP contribution >= 0.6 is 15.9 Å². The maximum absolute atomic E-state index is 4.23. The maximum atomic E-state index is 4.23. The second kappa shape index (κ2) is 5.83. The van der Waals surface area contributed by atoms with Gasteiger partial charge in [-0.3, -0.25) is 9.88 Å². The first-order chi connectivity index (χ1) is 8.20. The Bertz CT molecular complexity index is 361. The molecule has 1 atom stereocenters. The molecule has 3 nitrogen and oxygen atoms in total. The molecule has 0 saturated carbocycles. The van der Waals surface area contributed by atoms with Crippen LogP contribution in [0.4, 0.5) is 5.69 Å². The molecule has 2 heterocycles. The van der Waals surface area contributed by atoms with Gasteiger partial charge < -0.3 is 4.90 Å². The van der Waals surface area contributed by atoms with Crippen molar-refractivity contribution in [3.63, 3.8) is 0 Å². The second-order valence-corrected chi connectivity index (χ2v) is 5.56. The number of halogens is 1. The SMILES string of the molecule is CCC(C)N1CCN(c2cncc(Br)c2)CC1. The fraction of sp³-hybridized carbons (Fsp3) is 0.615. The number of anilines is 1. The lowest BCUT2D eigenvalue weighted by Gasteiger charge is -2.38. The summed E-state index contributed by atoms with van der Waals surface area (Å²) >= 11 is 3.48. The van der Waals surface area contributed by atoms with Gasteiger partial charge in [-0.15, -0.1) is 0 Å². The molecule has 1 saturated heterocycles. The summed E-state index contributed by atoms with van der Waals surface area (Å²) in [4.78, 5) is 9.21. The van der Waals surface area contributed by atoms with Gasteiger partial charge in [0.2, 0.25) is 0 Å². The highest BCUT2D eigenvalue weighted by atomic mass is 79.9. The van der Waals surface area contributed by atoms with Gasteiger partial charge in [0, 0.05) is 42.9 Å². The van der Waals surface area contributed by atoms with Crippen LogP contribution in [0.1, 0.15) is 20.3 Å². The van der Waals surface area contributed by atoms with E-state index in [1.54, 1.807) is 0 Å². The number of piperazine rings is 1. The van der Waals surface area contributed by atoms with Gasteiger partial charge in [0.05, 0.1) is 11.9 Å². The summed E-state index contributed by atoms with van der Waals surface area (Å²) in [6.07, 6.45) is 5.01. The molecule has 0 radical (unpaired) electrons. The van der Waals surface area contributed by atoms with E-state index < -0.39 is 0 Å². The van der Waals surface area contributed by atoms with Gasteiger partial charge in [-0.25, -0.2) is 0 Å². The van der Waals surface area contributed by atoms with Crippen LogP contribution in [-0.2, 0) is 0 Å². The summed E-state index contributed by atoms with van der Waals surface area (Å²) in [5.41, 5.74) is 1.23. The van der Waals surface area contributed by atoms with Crippen molar-refractivity contribution in [1.82, 2.24) is 9.88 Å². The number of aromatic nitrogens is 1. The molecule has 4 heteroatoms. The summed E-state index contributed by atoms with van der Waals surface area (Å²) in [5.74, 6) is 0. The van der Waals surface area contributed by atoms with Gasteiger partial charge in [-0.1, -0.05) is 6.92 Å². The van der Waals surface area contributed by atoms with Gasteiger partial charge in [-0.2, -0.15) is 0 Å². The third-order valence-electron chi connectivity index (χ3n) is 3.58. The Morgan fingerprint density at radius 2 is 2.00 bits per heavy atom. The minimum atomic E-state index is 0.706. The molecule has 1 aliphatic rings. The lowest BCUT2D eigenvalue weighted by atomic mass is 10.2. The van der Waals surface area contributed by atoms with Crippen molar-refractivity contribution < 1.29 is 0 Å². The van der Waals surface area contributed by atoms with Crippen LogP contribution in [0.15, 0.2) is 22.9 Å². The highest BCUT2D eigenvalue weighted by molar-refractivity contribution is 9.10. The van der Waals surface area contributed by atoms with Gasteiger partial charge in [-0.05, 0) is 35.3 Å². The third kappa shape index (κ3) is 3.19. The van der Waals surface area contributed by atoms with Crippen LogP contribution in [0.5, 0.6) is 0 Å². The molecule has 0 N–H and O–H groups in total. The van der Waals surface area contributed by atoms with E-state index in [2.05, 4.69) is 50.6 Å². The maximum Gasteiger partial charge on any atom is 0.0564 e. The first kappa shape index (κ1) is 12.8. The molecule has 17 heavy (non-hydrogen) atoms. The molecule has 0 spiro atoms. The zero-order valence-electron chi connectivity index (χ0n) is 10.6. The topological polar surface area (TPSA) is 19.4 Å². The summed E-state index contributed by atoms with van der Waals surface area (Å²) in [6.45, 7) is 9.08. The van der Waals surface area contributed by atoms with Crippen molar-refractivity contribution >= 4 is 21.6 Å². The molecule has 94 valence electrons. The largest absolute Gasteiger partial charge is 0.368 e. The Morgan fingerprint density at radius 1 is 1.29 bits per heavy atom. The summed E-state index contributed by atoms with van der Waals surface area (Å²) in [7, 11) is 0. The van der Waals surface area contributed by atoms with Crippen molar-refractivity contribution in [1.29, 1.82) is 0 Å². The average molecular weight is 298 g/mol. The van der Waals surface area contributed by atoms with E-state index in [1.165, 1.54) is 12.1 Å². The highest BCUT2D eigenvalue weighted by Crippen LogP contribution is 2.20. The fourth-order valence-corrected chi connectivity index (χ4v) is 2.61. The van der Waals surface area contributed by atoms with Gasteiger partial charge >= 0.3 is 0 Å². The van der Waals surface area contributed by atoms with Crippen LogP contribution in [0, 0.1) is 0 Å².